The van der Waals surface area contributed by atoms with Crippen molar-refractivity contribution in [2.24, 2.45) is 0 Å². The highest BCUT2D eigenvalue weighted by molar-refractivity contribution is 5.95. The van der Waals surface area contributed by atoms with Crippen LogP contribution in [0.3, 0.4) is 0 Å². The van der Waals surface area contributed by atoms with E-state index in [9.17, 15) is 4.79 Å². The lowest BCUT2D eigenvalue weighted by Crippen LogP contribution is -2.36. The molecule has 1 aromatic heterocycles. The number of aromatic nitrogens is 1. The number of nitrogens with one attached hydrogen (secondary N) is 1. The van der Waals surface area contributed by atoms with Gasteiger partial charge in [-0.25, -0.2) is 0 Å². The second kappa shape index (κ2) is 5.79. The zero-order chi connectivity index (χ0) is 15.7. The minimum Gasteiger partial charge on any atom is -0.480 e. The number of nitrogens with zero attached hydrogens (tertiary/aromatic N) is 1. The van der Waals surface area contributed by atoms with Gasteiger partial charge in [0, 0.05) is 6.20 Å². The molecule has 4 heteroatoms. The van der Waals surface area contributed by atoms with Crippen molar-refractivity contribution in [2.75, 3.05) is 5.32 Å². The fraction of sp³-hybridized carbons (Fsp3) is 0.333. The maximum atomic E-state index is 12.5. The molecule has 4 nitrogen and oxygen atoms in total. The zero-order valence-corrected chi connectivity index (χ0v) is 13.1. The third-order valence-electron chi connectivity index (χ3n) is 4.05. The zero-order valence-electron chi connectivity index (χ0n) is 13.1. The molecule has 1 aliphatic rings. The largest absolute Gasteiger partial charge is 0.480 e. The summed E-state index contributed by atoms with van der Waals surface area (Å²) >= 11 is 0. The van der Waals surface area contributed by atoms with E-state index < -0.39 is 6.10 Å². The molecule has 1 aromatic carbocycles. The topological polar surface area (TPSA) is 51.2 Å². The van der Waals surface area contributed by atoms with Gasteiger partial charge >= 0.3 is 0 Å². The Balaban J connectivity index is 1.76. The highest BCUT2D eigenvalue weighted by Crippen LogP contribution is 2.29. The summed E-state index contributed by atoms with van der Waals surface area (Å²) in [6.45, 7) is 5.92. The predicted molar refractivity (Wildman–Crippen MR) is 86.3 cm³/mol. The number of carbonyl (C=O) groups excluding carboxylic acids is 1. The van der Waals surface area contributed by atoms with Crippen molar-refractivity contribution >= 4 is 11.6 Å². The Hall–Kier alpha value is -2.36. The Morgan fingerprint density at radius 1 is 1.27 bits per heavy atom. The summed E-state index contributed by atoms with van der Waals surface area (Å²) in [6.07, 6.45) is 2.85. The van der Waals surface area contributed by atoms with Crippen molar-refractivity contribution < 1.29 is 9.53 Å². The minimum absolute atomic E-state index is 0.106. The van der Waals surface area contributed by atoms with Crippen LogP contribution in [-0.4, -0.2) is 17.0 Å². The molecule has 2 heterocycles. The molecule has 0 bridgehead atoms. The molecule has 2 aromatic rings. The predicted octanol–water partition coefficient (Wildman–Crippen LogP) is 3.34. The number of amides is 1. The van der Waals surface area contributed by atoms with Gasteiger partial charge in [-0.15, -0.1) is 0 Å². The summed E-state index contributed by atoms with van der Waals surface area (Å²) in [5.74, 6) is 0.710. The van der Waals surface area contributed by atoms with E-state index in [1.807, 2.05) is 32.0 Å². The Labute approximate surface area is 130 Å². The van der Waals surface area contributed by atoms with Crippen LogP contribution >= 0.6 is 0 Å². The number of benzene rings is 1. The van der Waals surface area contributed by atoms with Crippen LogP contribution in [0.15, 0.2) is 30.5 Å². The van der Waals surface area contributed by atoms with Crippen LogP contribution in [0.5, 0.6) is 5.75 Å². The first-order valence-electron chi connectivity index (χ1n) is 7.54. The van der Waals surface area contributed by atoms with Gasteiger partial charge in [-0.3, -0.25) is 9.78 Å². The van der Waals surface area contributed by atoms with Crippen molar-refractivity contribution in [1.29, 1.82) is 0 Å². The van der Waals surface area contributed by atoms with Crippen LogP contribution in [0.2, 0.25) is 0 Å². The fourth-order valence-corrected chi connectivity index (χ4v) is 2.79. The van der Waals surface area contributed by atoms with Gasteiger partial charge in [0.25, 0.3) is 5.91 Å². The number of rotatable bonds is 2. The van der Waals surface area contributed by atoms with Crippen molar-refractivity contribution in [2.45, 2.75) is 39.7 Å². The molecule has 0 radical (unpaired) electrons. The smallest absolute Gasteiger partial charge is 0.265 e. The van der Waals surface area contributed by atoms with E-state index in [1.165, 1.54) is 11.1 Å². The summed E-state index contributed by atoms with van der Waals surface area (Å²) < 4.78 is 5.87. The van der Waals surface area contributed by atoms with E-state index in [2.05, 4.69) is 23.3 Å². The number of carbonyl (C=O) groups is 1. The highest BCUT2D eigenvalue weighted by Gasteiger charge is 2.26. The minimum atomic E-state index is -0.450. The number of aryl methyl sites for hydroxylation is 4. The van der Waals surface area contributed by atoms with Crippen molar-refractivity contribution in [3.05, 3.63) is 52.8 Å². The lowest BCUT2D eigenvalue weighted by atomic mass is 10.00. The third kappa shape index (κ3) is 2.82. The molecule has 22 heavy (non-hydrogen) atoms. The fourth-order valence-electron chi connectivity index (χ4n) is 2.79. The molecule has 114 valence electrons. The summed E-state index contributed by atoms with van der Waals surface area (Å²) in [5, 5.41) is 2.96. The van der Waals surface area contributed by atoms with Gasteiger partial charge in [0.2, 0.25) is 0 Å². The molecule has 0 saturated carbocycles. The maximum absolute atomic E-state index is 12.5. The quantitative estimate of drug-likeness (QED) is 0.924. The van der Waals surface area contributed by atoms with Gasteiger partial charge in [-0.05, 0) is 56.9 Å². The van der Waals surface area contributed by atoms with E-state index in [-0.39, 0.29) is 5.91 Å². The van der Waals surface area contributed by atoms with Crippen LogP contribution in [0, 0.1) is 20.8 Å². The first kappa shape index (κ1) is 14.6. The number of anilines is 1. The van der Waals surface area contributed by atoms with Gasteiger partial charge in [0.1, 0.15) is 5.75 Å². The van der Waals surface area contributed by atoms with E-state index >= 15 is 0 Å². The lowest BCUT2D eigenvalue weighted by molar-refractivity contribution is -0.123. The van der Waals surface area contributed by atoms with Gasteiger partial charge in [0.05, 0.1) is 11.4 Å². The summed E-state index contributed by atoms with van der Waals surface area (Å²) in [7, 11) is 0. The van der Waals surface area contributed by atoms with E-state index in [4.69, 9.17) is 4.74 Å². The normalized spacial score (nSPS) is 16.6. The van der Waals surface area contributed by atoms with Crippen molar-refractivity contribution in [3.63, 3.8) is 0 Å². The Bertz CT molecular complexity index is 705. The average molecular weight is 296 g/mol. The number of hydrogen-bond donors (Lipinski definition) is 1. The Morgan fingerprint density at radius 3 is 2.86 bits per heavy atom. The first-order valence-corrected chi connectivity index (χ1v) is 7.54. The number of fused-ring (bicyclic) bond motifs is 1. The SMILES string of the molecule is Cc1ccc2c(c1)CCC(C(=O)Nc1c(C)ccnc1C)O2. The standard InChI is InChI=1S/C18H20N2O2/c1-11-4-6-15-14(10-11)5-7-16(22-15)18(21)20-17-12(2)8-9-19-13(17)3/h4,6,8-10,16H,5,7H2,1-3H3,(H,20,21). The second-order valence-corrected chi connectivity index (χ2v) is 5.83. The maximum Gasteiger partial charge on any atom is 0.265 e. The van der Waals surface area contributed by atoms with Crippen molar-refractivity contribution in [3.8, 4) is 5.75 Å². The van der Waals surface area contributed by atoms with E-state index in [0.29, 0.717) is 6.42 Å². The van der Waals surface area contributed by atoms with Gasteiger partial charge in [-0.2, -0.15) is 0 Å². The van der Waals surface area contributed by atoms with E-state index in [1.54, 1.807) is 6.20 Å². The van der Waals surface area contributed by atoms with Crippen LogP contribution < -0.4 is 10.1 Å². The molecular weight excluding hydrogens is 276 g/mol. The van der Waals surface area contributed by atoms with Crippen LogP contribution in [0.25, 0.3) is 0 Å². The Morgan fingerprint density at radius 2 is 2.09 bits per heavy atom. The number of ether oxygens (including phenoxy) is 1. The molecular formula is C18H20N2O2. The monoisotopic (exact) mass is 296 g/mol. The third-order valence-corrected chi connectivity index (χ3v) is 4.05. The second-order valence-electron chi connectivity index (χ2n) is 5.83. The summed E-state index contributed by atoms with van der Waals surface area (Å²) in [5.41, 5.74) is 5.00. The van der Waals surface area contributed by atoms with Gasteiger partial charge < -0.3 is 10.1 Å². The lowest BCUT2D eigenvalue weighted by Gasteiger charge is -2.26. The molecule has 0 aliphatic carbocycles. The van der Waals surface area contributed by atoms with Crippen LogP contribution in [-0.2, 0) is 11.2 Å². The molecule has 0 spiro atoms. The molecule has 1 atom stereocenters. The number of hydrogen-bond acceptors (Lipinski definition) is 3. The summed E-state index contributed by atoms with van der Waals surface area (Å²) in [6, 6.07) is 7.97. The Kier molecular flexibility index (Phi) is 3.84. The first-order chi connectivity index (χ1) is 10.5. The molecule has 1 N–H and O–H groups in total. The van der Waals surface area contributed by atoms with Crippen LogP contribution in [0.1, 0.15) is 28.8 Å². The van der Waals surface area contributed by atoms with Crippen LogP contribution in [0.4, 0.5) is 5.69 Å². The molecule has 1 aliphatic heterocycles. The highest BCUT2D eigenvalue weighted by atomic mass is 16.5. The van der Waals surface area contributed by atoms with Gasteiger partial charge in [0.15, 0.2) is 6.10 Å². The summed E-state index contributed by atoms with van der Waals surface area (Å²) in [4.78, 5) is 16.7. The van der Waals surface area contributed by atoms with E-state index in [0.717, 1.165) is 29.1 Å². The molecule has 1 unspecified atom stereocenters. The molecule has 0 saturated heterocycles. The molecule has 1 amide bonds. The molecule has 3 rings (SSSR count). The van der Waals surface area contributed by atoms with Crippen molar-refractivity contribution in [1.82, 2.24) is 4.98 Å². The average Bonchev–Trinajstić information content (AvgIpc) is 2.50. The molecule has 0 fully saturated rings. The number of pyridine rings is 1. The van der Waals surface area contributed by atoms with Gasteiger partial charge in [-0.1, -0.05) is 17.7 Å².